The highest BCUT2D eigenvalue weighted by Crippen LogP contribution is 2.40. The van der Waals surface area contributed by atoms with Crippen molar-refractivity contribution in [1.82, 2.24) is 0 Å². The van der Waals surface area contributed by atoms with E-state index in [1.165, 1.54) is 26.2 Å². The Morgan fingerprint density at radius 1 is 1.32 bits per heavy atom. The molecule has 2 rings (SSSR count). The van der Waals surface area contributed by atoms with E-state index in [0.717, 1.165) is 0 Å². The van der Waals surface area contributed by atoms with Crippen molar-refractivity contribution in [2.45, 2.75) is 13.0 Å². The number of ether oxygens (including phenoxy) is 4. The molecule has 0 saturated carbocycles. The molecule has 0 saturated heterocycles. The van der Waals surface area contributed by atoms with Crippen LogP contribution in [0.3, 0.4) is 0 Å². The Labute approximate surface area is 127 Å². The lowest BCUT2D eigenvalue weighted by atomic mass is 10.1. The van der Waals surface area contributed by atoms with Crippen molar-refractivity contribution < 1.29 is 28.5 Å². The number of carbonyl (C=O) groups excluding carboxylic acids is 2. The lowest BCUT2D eigenvalue weighted by Gasteiger charge is -2.20. The summed E-state index contributed by atoms with van der Waals surface area (Å²) in [6, 6.07) is 3.42. The maximum Gasteiger partial charge on any atom is 0.331 e. The van der Waals surface area contributed by atoms with Gasteiger partial charge in [0.2, 0.25) is 5.75 Å². The lowest BCUT2D eigenvalue weighted by Crippen LogP contribution is -2.29. The van der Waals surface area contributed by atoms with E-state index >= 15 is 0 Å². The topological polar surface area (TPSA) is 97.1 Å². The summed E-state index contributed by atoms with van der Waals surface area (Å²) in [5, 5.41) is 0. The summed E-state index contributed by atoms with van der Waals surface area (Å²) < 4.78 is 21.0. The van der Waals surface area contributed by atoms with Gasteiger partial charge in [-0.2, -0.15) is 0 Å². The molecule has 0 aliphatic carbocycles. The van der Waals surface area contributed by atoms with Crippen molar-refractivity contribution in [2.75, 3.05) is 20.3 Å². The Morgan fingerprint density at radius 2 is 2.05 bits per heavy atom. The average molecular weight is 307 g/mol. The third kappa shape index (κ3) is 3.69. The number of amides is 1. The summed E-state index contributed by atoms with van der Waals surface area (Å²) in [5.41, 5.74) is 5.69. The SMILES string of the molecule is COc1cc(/C=C/C(=O)O[C@H](C)C(N)=O)cc2c1OCCO2. The van der Waals surface area contributed by atoms with Crippen molar-refractivity contribution >= 4 is 18.0 Å². The Bertz CT molecular complexity index is 593. The predicted octanol–water partition coefficient (Wildman–Crippen LogP) is 0.897. The number of fused-ring (bicyclic) bond motifs is 1. The van der Waals surface area contributed by atoms with Crippen LogP contribution < -0.4 is 19.9 Å². The van der Waals surface area contributed by atoms with Crippen molar-refractivity contribution in [3.63, 3.8) is 0 Å². The zero-order chi connectivity index (χ0) is 16.1. The molecule has 0 bridgehead atoms. The number of benzene rings is 1. The fourth-order valence-electron chi connectivity index (χ4n) is 1.83. The number of esters is 1. The first kappa shape index (κ1) is 15.7. The number of carbonyl (C=O) groups is 2. The summed E-state index contributed by atoms with van der Waals surface area (Å²) in [4.78, 5) is 22.4. The summed E-state index contributed by atoms with van der Waals surface area (Å²) in [6.45, 7) is 2.30. The summed E-state index contributed by atoms with van der Waals surface area (Å²) in [6.07, 6.45) is 1.74. The van der Waals surface area contributed by atoms with Gasteiger partial charge in [0.1, 0.15) is 13.2 Å². The van der Waals surface area contributed by atoms with Crippen LogP contribution in [0.1, 0.15) is 12.5 Å². The quantitative estimate of drug-likeness (QED) is 0.641. The van der Waals surface area contributed by atoms with Gasteiger partial charge in [-0.15, -0.1) is 0 Å². The molecule has 0 fully saturated rings. The first-order chi connectivity index (χ1) is 10.5. The third-order valence-electron chi connectivity index (χ3n) is 2.96. The molecular formula is C15H17NO6. The third-order valence-corrected chi connectivity index (χ3v) is 2.96. The molecule has 7 heteroatoms. The van der Waals surface area contributed by atoms with Crippen LogP contribution in [0.2, 0.25) is 0 Å². The first-order valence-corrected chi connectivity index (χ1v) is 6.67. The van der Waals surface area contributed by atoms with E-state index in [-0.39, 0.29) is 0 Å². The minimum Gasteiger partial charge on any atom is -0.493 e. The fraction of sp³-hybridized carbons (Fsp3) is 0.333. The van der Waals surface area contributed by atoms with Gasteiger partial charge in [-0.3, -0.25) is 4.79 Å². The Hall–Kier alpha value is -2.70. The number of methoxy groups -OCH3 is 1. The van der Waals surface area contributed by atoms with Crippen LogP contribution in [0.5, 0.6) is 17.2 Å². The molecule has 0 spiro atoms. The molecule has 0 aromatic heterocycles. The van der Waals surface area contributed by atoms with Gasteiger partial charge in [0.25, 0.3) is 5.91 Å². The van der Waals surface area contributed by atoms with Crippen molar-refractivity contribution in [2.24, 2.45) is 5.73 Å². The van der Waals surface area contributed by atoms with E-state index in [4.69, 9.17) is 24.7 Å². The number of rotatable bonds is 5. The van der Waals surface area contributed by atoms with E-state index in [9.17, 15) is 9.59 Å². The molecule has 22 heavy (non-hydrogen) atoms. The number of hydrogen-bond acceptors (Lipinski definition) is 6. The van der Waals surface area contributed by atoms with Crippen molar-refractivity contribution in [3.05, 3.63) is 23.8 Å². The lowest BCUT2D eigenvalue weighted by molar-refractivity contribution is -0.148. The second-order valence-electron chi connectivity index (χ2n) is 4.56. The smallest absolute Gasteiger partial charge is 0.331 e. The highest BCUT2D eigenvalue weighted by Gasteiger charge is 2.18. The van der Waals surface area contributed by atoms with Crippen LogP contribution in [0, 0.1) is 0 Å². The molecule has 2 N–H and O–H groups in total. The van der Waals surface area contributed by atoms with Crippen molar-refractivity contribution in [3.8, 4) is 17.2 Å². The second-order valence-corrected chi connectivity index (χ2v) is 4.56. The maximum absolute atomic E-state index is 11.6. The highest BCUT2D eigenvalue weighted by molar-refractivity contribution is 5.90. The van der Waals surface area contributed by atoms with Gasteiger partial charge in [0.05, 0.1) is 7.11 Å². The largest absolute Gasteiger partial charge is 0.493 e. The molecule has 118 valence electrons. The van der Waals surface area contributed by atoms with Gasteiger partial charge >= 0.3 is 5.97 Å². The molecule has 0 radical (unpaired) electrons. The molecule has 1 aliphatic rings. The monoisotopic (exact) mass is 307 g/mol. The highest BCUT2D eigenvalue weighted by atomic mass is 16.6. The summed E-state index contributed by atoms with van der Waals surface area (Å²) >= 11 is 0. The Balaban J connectivity index is 2.14. The summed E-state index contributed by atoms with van der Waals surface area (Å²) in [5.74, 6) is 0.221. The Kier molecular flexibility index (Phi) is 4.88. The van der Waals surface area contributed by atoms with Gasteiger partial charge < -0.3 is 24.7 Å². The average Bonchev–Trinajstić information content (AvgIpc) is 2.51. The standard InChI is InChI=1S/C15H17NO6/c1-9(15(16)18)22-13(17)4-3-10-7-11(19-2)14-12(8-10)20-5-6-21-14/h3-4,7-9H,5-6H2,1-2H3,(H2,16,18)/b4-3+/t9-/m1/s1. The molecule has 1 atom stereocenters. The number of nitrogens with two attached hydrogens (primary N) is 1. The molecule has 1 aliphatic heterocycles. The molecule has 1 aromatic carbocycles. The summed E-state index contributed by atoms with van der Waals surface area (Å²) in [7, 11) is 1.52. The van der Waals surface area contributed by atoms with Crippen LogP contribution in [0.4, 0.5) is 0 Å². The molecule has 1 aromatic rings. The van der Waals surface area contributed by atoms with E-state index in [1.807, 2.05) is 0 Å². The molecule has 1 heterocycles. The zero-order valence-corrected chi connectivity index (χ0v) is 12.3. The van der Waals surface area contributed by atoms with E-state index in [1.54, 1.807) is 12.1 Å². The Morgan fingerprint density at radius 3 is 2.73 bits per heavy atom. The zero-order valence-electron chi connectivity index (χ0n) is 12.3. The second kappa shape index (κ2) is 6.84. The van der Waals surface area contributed by atoms with Crippen LogP contribution in [0.25, 0.3) is 6.08 Å². The van der Waals surface area contributed by atoms with Gasteiger partial charge in [-0.25, -0.2) is 4.79 Å². The fourth-order valence-corrected chi connectivity index (χ4v) is 1.83. The number of primary amides is 1. The normalized spacial score (nSPS) is 14.5. The van der Waals surface area contributed by atoms with Crippen LogP contribution in [-0.2, 0) is 14.3 Å². The van der Waals surface area contributed by atoms with E-state index in [2.05, 4.69) is 0 Å². The molecule has 0 unspecified atom stereocenters. The minimum absolute atomic E-state index is 0.446. The van der Waals surface area contributed by atoms with E-state index in [0.29, 0.717) is 36.0 Å². The first-order valence-electron chi connectivity index (χ1n) is 6.67. The van der Waals surface area contributed by atoms with Crippen LogP contribution in [-0.4, -0.2) is 38.3 Å². The van der Waals surface area contributed by atoms with Gasteiger partial charge in [0.15, 0.2) is 17.6 Å². The van der Waals surface area contributed by atoms with Gasteiger partial charge in [0, 0.05) is 6.08 Å². The molecule has 1 amide bonds. The van der Waals surface area contributed by atoms with Crippen LogP contribution >= 0.6 is 0 Å². The molecular weight excluding hydrogens is 290 g/mol. The molecule has 7 nitrogen and oxygen atoms in total. The van der Waals surface area contributed by atoms with Gasteiger partial charge in [-0.1, -0.05) is 0 Å². The maximum atomic E-state index is 11.6. The predicted molar refractivity (Wildman–Crippen MR) is 77.8 cm³/mol. The van der Waals surface area contributed by atoms with Gasteiger partial charge in [-0.05, 0) is 30.7 Å². The van der Waals surface area contributed by atoms with E-state index < -0.39 is 18.0 Å². The number of hydrogen-bond donors (Lipinski definition) is 1. The minimum atomic E-state index is -0.980. The van der Waals surface area contributed by atoms with Crippen LogP contribution in [0.15, 0.2) is 18.2 Å². The van der Waals surface area contributed by atoms with Crippen molar-refractivity contribution in [1.29, 1.82) is 0 Å².